The van der Waals surface area contributed by atoms with Crippen molar-refractivity contribution in [3.63, 3.8) is 0 Å². The second kappa shape index (κ2) is 2.72. The van der Waals surface area contributed by atoms with Crippen molar-refractivity contribution in [1.29, 1.82) is 0 Å². The van der Waals surface area contributed by atoms with Gasteiger partial charge in [-0.1, -0.05) is 0 Å². The fraction of sp³-hybridized carbons (Fsp3) is 0.875. The smallest absolute Gasteiger partial charge is 0.196 e. The summed E-state index contributed by atoms with van der Waals surface area (Å²) < 4.78 is 0. The highest BCUT2D eigenvalue weighted by atomic mass is 15.4. The summed E-state index contributed by atoms with van der Waals surface area (Å²) in [6.07, 6.45) is 2.56. The summed E-state index contributed by atoms with van der Waals surface area (Å²) in [5, 5.41) is 0. The Morgan fingerprint density at radius 2 is 2.00 bits per heavy atom. The maximum Gasteiger partial charge on any atom is 0.196 e. The van der Waals surface area contributed by atoms with E-state index in [9.17, 15) is 0 Å². The lowest BCUT2D eigenvalue weighted by Gasteiger charge is -2.39. The molecule has 2 aliphatic heterocycles. The number of hydrogen-bond acceptors (Lipinski definition) is 3. The summed E-state index contributed by atoms with van der Waals surface area (Å²) in [4.78, 5) is 9.13. The van der Waals surface area contributed by atoms with E-state index in [1.54, 1.807) is 0 Å². The maximum atomic E-state index is 4.50. The Morgan fingerprint density at radius 3 is 2.55 bits per heavy atom. The predicted molar refractivity (Wildman–Crippen MR) is 45.7 cm³/mol. The van der Waals surface area contributed by atoms with Gasteiger partial charge in [0.15, 0.2) is 5.96 Å². The molecule has 0 atom stereocenters. The average Bonchev–Trinajstić information content (AvgIpc) is 1.90. The SMILES string of the molecule is CN1CCCN=C1N1CCC1. The van der Waals surface area contributed by atoms with Gasteiger partial charge in [-0.05, 0) is 12.8 Å². The van der Waals surface area contributed by atoms with E-state index in [4.69, 9.17) is 0 Å². The van der Waals surface area contributed by atoms with E-state index < -0.39 is 0 Å². The van der Waals surface area contributed by atoms with Gasteiger partial charge < -0.3 is 9.80 Å². The normalized spacial score (nSPS) is 24.6. The van der Waals surface area contributed by atoms with E-state index in [0.717, 1.165) is 6.54 Å². The van der Waals surface area contributed by atoms with Crippen molar-refractivity contribution in [2.24, 2.45) is 4.99 Å². The number of hydrogen-bond donors (Lipinski definition) is 0. The third-order valence-corrected chi connectivity index (χ3v) is 2.39. The van der Waals surface area contributed by atoms with E-state index >= 15 is 0 Å². The van der Waals surface area contributed by atoms with Gasteiger partial charge in [-0.3, -0.25) is 4.99 Å². The molecule has 1 fully saturated rings. The maximum absolute atomic E-state index is 4.50. The van der Waals surface area contributed by atoms with E-state index in [-0.39, 0.29) is 0 Å². The van der Waals surface area contributed by atoms with E-state index in [1.165, 1.54) is 38.4 Å². The molecule has 2 rings (SSSR count). The Labute approximate surface area is 67.7 Å². The molecule has 3 nitrogen and oxygen atoms in total. The second-order valence-corrected chi connectivity index (χ2v) is 3.30. The molecule has 11 heavy (non-hydrogen) atoms. The first-order chi connectivity index (χ1) is 5.38. The number of nitrogens with zero attached hydrogens (tertiary/aromatic N) is 3. The summed E-state index contributed by atoms with van der Waals surface area (Å²) in [5.74, 6) is 1.22. The standard InChI is InChI=1S/C8H15N3/c1-10-5-2-4-9-8(10)11-6-3-7-11/h2-7H2,1H3. The molecule has 1 saturated heterocycles. The van der Waals surface area contributed by atoms with Crippen LogP contribution in [0.5, 0.6) is 0 Å². The van der Waals surface area contributed by atoms with Gasteiger partial charge in [0.25, 0.3) is 0 Å². The molecule has 3 heteroatoms. The van der Waals surface area contributed by atoms with Crippen molar-refractivity contribution in [3.05, 3.63) is 0 Å². The van der Waals surface area contributed by atoms with Gasteiger partial charge in [-0.2, -0.15) is 0 Å². The molecule has 2 heterocycles. The van der Waals surface area contributed by atoms with Crippen molar-refractivity contribution in [3.8, 4) is 0 Å². The largest absolute Gasteiger partial charge is 0.346 e. The summed E-state index contributed by atoms with van der Waals surface area (Å²) in [6, 6.07) is 0. The van der Waals surface area contributed by atoms with Gasteiger partial charge in [0.1, 0.15) is 0 Å². The van der Waals surface area contributed by atoms with Crippen LogP contribution in [-0.2, 0) is 0 Å². The van der Waals surface area contributed by atoms with Crippen LogP contribution in [0.4, 0.5) is 0 Å². The van der Waals surface area contributed by atoms with Crippen LogP contribution < -0.4 is 0 Å². The van der Waals surface area contributed by atoms with Gasteiger partial charge >= 0.3 is 0 Å². The zero-order valence-corrected chi connectivity index (χ0v) is 7.08. The minimum absolute atomic E-state index is 1.02. The topological polar surface area (TPSA) is 18.8 Å². The minimum atomic E-state index is 1.02. The Kier molecular flexibility index (Phi) is 1.72. The van der Waals surface area contributed by atoms with Gasteiger partial charge in [0, 0.05) is 33.2 Å². The van der Waals surface area contributed by atoms with Crippen LogP contribution >= 0.6 is 0 Å². The summed E-state index contributed by atoms with van der Waals surface area (Å²) >= 11 is 0. The third kappa shape index (κ3) is 1.19. The molecular formula is C8H15N3. The average molecular weight is 153 g/mol. The summed E-state index contributed by atoms with van der Waals surface area (Å²) in [7, 11) is 2.14. The molecule has 0 N–H and O–H groups in total. The highest BCUT2D eigenvalue weighted by Gasteiger charge is 2.22. The highest BCUT2D eigenvalue weighted by molar-refractivity contribution is 5.81. The Bertz CT molecular complexity index is 172. The van der Waals surface area contributed by atoms with Crippen LogP contribution in [0.15, 0.2) is 4.99 Å². The highest BCUT2D eigenvalue weighted by Crippen LogP contribution is 2.11. The Morgan fingerprint density at radius 1 is 1.18 bits per heavy atom. The third-order valence-electron chi connectivity index (χ3n) is 2.39. The minimum Gasteiger partial charge on any atom is -0.346 e. The van der Waals surface area contributed by atoms with Crippen molar-refractivity contribution in [2.75, 3.05) is 33.2 Å². The molecule has 0 aromatic carbocycles. The van der Waals surface area contributed by atoms with Gasteiger partial charge in [0.05, 0.1) is 0 Å². The number of guanidine groups is 1. The number of aliphatic imine (C=N–C) groups is 1. The first-order valence-corrected chi connectivity index (χ1v) is 4.38. The van der Waals surface area contributed by atoms with Crippen molar-refractivity contribution < 1.29 is 0 Å². The van der Waals surface area contributed by atoms with E-state index in [2.05, 4.69) is 21.8 Å². The molecule has 0 bridgehead atoms. The first-order valence-electron chi connectivity index (χ1n) is 4.38. The molecule has 0 spiro atoms. The molecule has 0 radical (unpaired) electrons. The fourth-order valence-electron chi connectivity index (χ4n) is 1.57. The Hall–Kier alpha value is -0.730. The van der Waals surface area contributed by atoms with E-state index in [1.807, 2.05) is 0 Å². The van der Waals surface area contributed by atoms with Gasteiger partial charge in [-0.15, -0.1) is 0 Å². The molecular weight excluding hydrogens is 138 g/mol. The molecule has 0 amide bonds. The Balaban J connectivity index is 2.03. The lowest BCUT2D eigenvalue weighted by Crippen LogP contribution is -2.51. The molecule has 0 unspecified atom stereocenters. The van der Waals surface area contributed by atoms with Gasteiger partial charge in [-0.25, -0.2) is 0 Å². The van der Waals surface area contributed by atoms with Crippen molar-refractivity contribution >= 4 is 5.96 Å². The molecule has 2 aliphatic rings. The van der Waals surface area contributed by atoms with Crippen LogP contribution in [0.1, 0.15) is 12.8 Å². The quantitative estimate of drug-likeness (QED) is 0.501. The van der Waals surface area contributed by atoms with Crippen molar-refractivity contribution in [2.45, 2.75) is 12.8 Å². The fourth-order valence-corrected chi connectivity index (χ4v) is 1.57. The molecule has 62 valence electrons. The van der Waals surface area contributed by atoms with E-state index in [0.29, 0.717) is 0 Å². The number of rotatable bonds is 0. The molecule has 0 aromatic heterocycles. The lowest BCUT2D eigenvalue weighted by molar-refractivity contribution is 0.250. The van der Waals surface area contributed by atoms with Crippen LogP contribution in [0, 0.1) is 0 Å². The van der Waals surface area contributed by atoms with Gasteiger partial charge in [0.2, 0.25) is 0 Å². The molecule has 0 saturated carbocycles. The summed E-state index contributed by atoms with van der Waals surface area (Å²) in [5.41, 5.74) is 0. The van der Waals surface area contributed by atoms with Crippen LogP contribution in [0.2, 0.25) is 0 Å². The second-order valence-electron chi connectivity index (χ2n) is 3.30. The van der Waals surface area contributed by atoms with Crippen LogP contribution in [0.25, 0.3) is 0 Å². The monoisotopic (exact) mass is 153 g/mol. The zero-order valence-electron chi connectivity index (χ0n) is 7.08. The zero-order chi connectivity index (χ0) is 7.68. The lowest BCUT2D eigenvalue weighted by atomic mass is 10.2. The summed E-state index contributed by atoms with van der Waals surface area (Å²) in [6.45, 7) is 4.62. The van der Waals surface area contributed by atoms with Crippen LogP contribution in [-0.4, -0.2) is 49.0 Å². The van der Waals surface area contributed by atoms with Crippen molar-refractivity contribution in [1.82, 2.24) is 9.80 Å². The number of likely N-dealkylation sites (tertiary alicyclic amines) is 1. The first kappa shape index (κ1) is 6.95. The predicted octanol–water partition coefficient (Wildman–Crippen LogP) is 0.384. The van der Waals surface area contributed by atoms with Crippen LogP contribution in [0.3, 0.4) is 0 Å². The molecule has 0 aliphatic carbocycles. The molecule has 0 aromatic rings.